The monoisotopic (exact) mass is 488 g/mol. The molecule has 0 unspecified atom stereocenters. The van der Waals surface area contributed by atoms with Gasteiger partial charge < -0.3 is 14.6 Å². The fraction of sp³-hybridized carbons (Fsp3) is 0.333. The normalized spacial score (nSPS) is 15.5. The molecule has 0 spiro atoms. The van der Waals surface area contributed by atoms with Gasteiger partial charge in [0.05, 0.1) is 28.3 Å². The zero-order valence-corrected chi connectivity index (χ0v) is 20.7. The molecule has 1 N–H and O–H groups in total. The van der Waals surface area contributed by atoms with Crippen molar-refractivity contribution in [2.24, 2.45) is 5.92 Å². The molecule has 35 heavy (non-hydrogen) atoms. The van der Waals surface area contributed by atoms with Crippen LogP contribution in [0.15, 0.2) is 53.6 Å². The van der Waals surface area contributed by atoms with E-state index in [0.717, 1.165) is 59.1 Å². The Morgan fingerprint density at radius 3 is 2.74 bits per heavy atom. The third-order valence-corrected chi connectivity index (χ3v) is 8.63. The number of nitriles is 1. The minimum Gasteiger partial charge on any atom is -0.491 e. The number of ether oxygens (including phenoxy) is 1. The number of rotatable bonds is 6. The maximum atomic E-state index is 12.5. The molecule has 7 nitrogen and oxygen atoms in total. The fourth-order valence-corrected chi connectivity index (χ4v) is 5.67. The molecule has 0 atom stereocenters. The topological polar surface area (TPSA) is 99.1 Å². The summed E-state index contributed by atoms with van der Waals surface area (Å²) in [7, 11) is -1.20. The van der Waals surface area contributed by atoms with Gasteiger partial charge in [0.1, 0.15) is 17.5 Å². The number of hydrogen-bond donors (Lipinski definition) is 1. The number of piperidine rings is 1. The number of pyridine rings is 1. The molecule has 0 saturated carbocycles. The van der Waals surface area contributed by atoms with Crippen LogP contribution in [-0.4, -0.2) is 55.8 Å². The molecule has 1 saturated heterocycles. The van der Waals surface area contributed by atoms with Crippen LogP contribution in [0.5, 0.6) is 5.75 Å². The Kier molecular flexibility index (Phi) is 6.22. The van der Waals surface area contributed by atoms with E-state index in [-0.39, 0.29) is 5.75 Å². The summed E-state index contributed by atoms with van der Waals surface area (Å²) in [5, 5.41) is 11.1. The van der Waals surface area contributed by atoms with Gasteiger partial charge in [-0.1, -0.05) is 19.1 Å². The third-order valence-electron chi connectivity index (χ3n) is 6.89. The molecule has 4 aromatic rings. The number of sulfone groups is 1. The third kappa shape index (κ3) is 4.49. The summed E-state index contributed by atoms with van der Waals surface area (Å²) in [4.78, 5) is 10.5. The van der Waals surface area contributed by atoms with Crippen LogP contribution in [0.3, 0.4) is 0 Å². The molecule has 8 heteroatoms. The summed E-state index contributed by atoms with van der Waals surface area (Å²) in [6, 6.07) is 14.9. The number of aromatic amines is 1. The number of hydrogen-bond acceptors (Lipinski definition) is 6. The molecule has 3 heterocycles. The van der Waals surface area contributed by atoms with E-state index in [1.807, 2.05) is 24.3 Å². The van der Waals surface area contributed by atoms with Crippen molar-refractivity contribution in [3.63, 3.8) is 0 Å². The quantitative estimate of drug-likeness (QED) is 0.420. The number of nitrogens with zero attached hydrogens (tertiary/aromatic N) is 3. The average Bonchev–Trinajstić information content (AvgIpc) is 3.27. The molecular weight excluding hydrogens is 460 g/mol. The van der Waals surface area contributed by atoms with E-state index >= 15 is 0 Å². The van der Waals surface area contributed by atoms with Gasteiger partial charge in [0.2, 0.25) is 0 Å². The predicted octanol–water partition coefficient (Wildman–Crippen LogP) is 4.77. The van der Waals surface area contributed by atoms with Crippen LogP contribution in [0.4, 0.5) is 0 Å². The van der Waals surface area contributed by atoms with Crippen LogP contribution in [0.1, 0.15) is 25.3 Å². The first kappa shape index (κ1) is 23.3. The highest BCUT2D eigenvalue weighted by atomic mass is 32.2. The standard InChI is InChI=1S/C27H28N4O3S/c1-3-35(32,33)21-6-4-5-20(14-21)22-7-8-24(34-17-18-9-11-31(2)12-10-18)26-25(22)23-13-19(15-28)16-29-27(23)30-26/h4-8,13-14,16,18H,3,9-12,17H2,1-2H3,(H,29,30). The molecule has 180 valence electrons. The van der Waals surface area contributed by atoms with Crippen LogP contribution in [0.2, 0.25) is 0 Å². The van der Waals surface area contributed by atoms with Crippen LogP contribution < -0.4 is 4.74 Å². The summed E-state index contributed by atoms with van der Waals surface area (Å²) in [6.45, 7) is 4.43. The second-order valence-corrected chi connectivity index (χ2v) is 11.5. The van der Waals surface area contributed by atoms with Gasteiger partial charge in [0.25, 0.3) is 0 Å². The van der Waals surface area contributed by atoms with E-state index in [0.29, 0.717) is 28.6 Å². The lowest BCUT2D eigenvalue weighted by molar-refractivity contribution is 0.161. The lowest BCUT2D eigenvalue weighted by Gasteiger charge is -2.28. The number of nitrogens with one attached hydrogen (secondary N) is 1. The van der Waals surface area contributed by atoms with Gasteiger partial charge in [0, 0.05) is 17.0 Å². The Balaban J connectivity index is 1.63. The number of likely N-dealkylation sites (tertiary alicyclic amines) is 1. The fourth-order valence-electron chi connectivity index (χ4n) is 4.74. The van der Waals surface area contributed by atoms with Crippen molar-refractivity contribution < 1.29 is 13.2 Å². The maximum Gasteiger partial charge on any atom is 0.178 e. The highest BCUT2D eigenvalue weighted by molar-refractivity contribution is 7.91. The van der Waals surface area contributed by atoms with Crippen LogP contribution in [0, 0.1) is 17.2 Å². The second-order valence-electron chi connectivity index (χ2n) is 9.21. The summed E-state index contributed by atoms with van der Waals surface area (Å²) in [6.07, 6.45) is 3.76. The van der Waals surface area contributed by atoms with Crippen molar-refractivity contribution in [1.82, 2.24) is 14.9 Å². The van der Waals surface area contributed by atoms with Crippen LogP contribution in [-0.2, 0) is 9.84 Å². The first-order chi connectivity index (χ1) is 16.9. The van der Waals surface area contributed by atoms with Crippen molar-refractivity contribution in [3.8, 4) is 22.9 Å². The summed E-state index contributed by atoms with van der Waals surface area (Å²) >= 11 is 0. The molecule has 0 aliphatic carbocycles. The molecule has 1 aliphatic rings. The van der Waals surface area contributed by atoms with Gasteiger partial charge in [-0.3, -0.25) is 0 Å². The SMILES string of the molecule is CCS(=O)(=O)c1cccc(-c2ccc(OCC3CCN(C)CC3)c3[nH]c4ncc(C#N)cc4c23)c1. The van der Waals surface area contributed by atoms with Gasteiger partial charge >= 0.3 is 0 Å². The highest BCUT2D eigenvalue weighted by Crippen LogP contribution is 2.39. The summed E-state index contributed by atoms with van der Waals surface area (Å²) in [5.74, 6) is 1.28. The van der Waals surface area contributed by atoms with E-state index in [1.54, 1.807) is 31.3 Å². The number of aromatic nitrogens is 2. The molecule has 2 aromatic carbocycles. The van der Waals surface area contributed by atoms with E-state index in [9.17, 15) is 13.7 Å². The maximum absolute atomic E-state index is 12.5. The molecule has 0 amide bonds. The van der Waals surface area contributed by atoms with Gasteiger partial charge in [-0.2, -0.15) is 5.26 Å². The van der Waals surface area contributed by atoms with Crippen LogP contribution in [0.25, 0.3) is 33.1 Å². The van der Waals surface area contributed by atoms with Gasteiger partial charge in [0.15, 0.2) is 9.84 Å². The minimum atomic E-state index is -3.35. The van der Waals surface area contributed by atoms with E-state index < -0.39 is 9.84 Å². The van der Waals surface area contributed by atoms with Crippen molar-refractivity contribution in [3.05, 3.63) is 54.2 Å². The Bertz CT molecular complexity index is 1540. The summed E-state index contributed by atoms with van der Waals surface area (Å²) < 4.78 is 31.4. The molecule has 5 rings (SSSR count). The highest BCUT2D eigenvalue weighted by Gasteiger charge is 2.21. The largest absolute Gasteiger partial charge is 0.491 e. The first-order valence-electron chi connectivity index (χ1n) is 11.9. The average molecular weight is 489 g/mol. The Hall–Kier alpha value is -3.41. The summed E-state index contributed by atoms with van der Waals surface area (Å²) in [5.41, 5.74) is 3.58. The molecule has 1 fully saturated rings. The smallest absolute Gasteiger partial charge is 0.178 e. The number of benzene rings is 2. The minimum absolute atomic E-state index is 0.0398. The zero-order valence-electron chi connectivity index (χ0n) is 19.9. The van der Waals surface area contributed by atoms with E-state index in [4.69, 9.17) is 4.74 Å². The molecule has 2 aromatic heterocycles. The Morgan fingerprint density at radius 1 is 1.20 bits per heavy atom. The first-order valence-corrected chi connectivity index (χ1v) is 13.5. The lowest BCUT2D eigenvalue weighted by atomic mass is 9.98. The lowest BCUT2D eigenvalue weighted by Crippen LogP contribution is -2.32. The molecule has 0 bridgehead atoms. The molecular formula is C27H28N4O3S. The molecule has 1 aliphatic heterocycles. The van der Waals surface area contributed by atoms with Gasteiger partial charge in [-0.05, 0) is 80.4 Å². The van der Waals surface area contributed by atoms with E-state index in [1.165, 1.54) is 0 Å². The second kappa shape index (κ2) is 9.33. The van der Waals surface area contributed by atoms with Gasteiger partial charge in [-0.15, -0.1) is 0 Å². The number of H-pyrrole nitrogens is 1. The van der Waals surface area contributed by atoms with Crippen molar-refractivity contribution in [2.75, 3.05) is 32.5 Å². The predicted molar refractivity (Wildman–Crippen MR) is 137 cm³/mol. The van der Waals surface area contributed by atoms with Gasteiger partial charge in [-0.25, -0.2) is 13.4 Å². The zero-order chi connectivity index (χ0) is 24.6. The number of fused-ring (bicyclic) bond motifs is 3. The van der Waals surface area contributed by atoms with Crippen LogP contribution >= 0.6 is 0 Å². The van der Waals surface area contributed by atoms with Crippen molar-refractivity contribution >= 4 is 31.8 Å². The molecule has 0 radical (unpaired) electrons. The van der Waals surface area contributed by atoms with E-state index in [2.05, 4.69) is 28.0 Å². The van der Waals surface area contributed by atoms with Crippen molar-refractivity contribution in [1.29, 1.82) is 5.26 Å². The van der Waals surface area contributed by atoms with Crippen molar-refractivity contribution in [2.45, 2.75) is 24.7 Å². The Labute approximate surface area is 205 Å². The Morgan fingerprint density at radius 2 is 2.00 bits per heavy atom.